The van der Waals surface area contributed by atoms with Crippen LogP contribution in [0.15, 0.2) is 30.3 Å². The number of hydrogen-bond donors (Lipinski definition) is 6. The van der Waals surface area contributed by atoms with E-state index in [0.717, 1.165) is 5.56 Å². The number of carbonyl (C=O) groups excluding carboxylic acids is 3. The fourth-order valence-electron chi connectivity index (χ4n) is 3.56. The number of amides is 3. The minimum atomic E-state index is -1.35. The summed E-state index contributed by atoms with van der Waals surface area (Å²) >= 11 is 0. The molecule has 0 spiro atoms. The molecule has 196 valence electrons. The van der Waals surface area contributed by atoms with Crippen LogP contribution < -0.4 is 21.7 Å². The van der Waals surface area contributed by atoms with Crippen molar-refractivity contribution in [2.75, 3.05) is 0 Å². The van der Waals surface area contributed by atoms with Crippen LogP contribution in [0.4, 0.5) is 0 Å². The fourth-order valence-corrected chi connectivity index (χ4v) is 3.56. The number of aliphatic hydroxyl groups excluding tert-OH is 1. The Morgan fingerprint density at radius 3 is 1.80 bits per heavy atom. The van der Waals surface area contributed by atoms with Crippen LogP contribution >= 0.6 is 0 Å². The van der Waals surface area contributed by atoms with E-state index < -0.39 is 54.0 Å². The highest BCUT2D eigenvalue weighted by atomic mass is 16.4. The zero-order valence-corrected chi connectivity index (χ0v) is 21.2. The predicted molar refractivity (Wildman–Crippen MR) is 132 cm³/mol. The summed E-state index contributed by atoms with van der Waals surface area (Å²) in [6.07, 6.45) is -0.557. The highest BCUT2D eigenvalue weighted by Crippen LogP contribution is 2.10. The van der Waals surface area contributed by atoms with Crippen LogP contribution in [0, 0.1) is 11.8 Å². The molecule has 0 bridgehead atoms. The second-order valence-corrected chi connectivity index (χ2v) is 9.74. The average Bonchev–Trinajstić information content (AvgIpc) is 2.75. The molecule has 0 aliphatic rings. The molecule has 3 amide bonds. The van der Waals surface area contributed by atoms with Crippen LogP contribution in [0.25, 0.3) is 0 Å². The Balaban J connectivity index is 2.92. The van der Waals surface area contributed by atoms with E-state index in [0.29, 0.717) is 0 Å². The molecule has 0 aliphatic carbocycles. The van der Waals surface area contributed by atoms with Crippen LogP contribution in [0.5, 0.6) is 0 Å². The summed E-state index contributed by atoms with van der Waals surface area (Å²) < 4.78 is 0. The number of nitrogens with one attached hydrogen (secondary N) is 3. The van der Waals surface area contributed by atoms with Gasteiger partial charge in [-0.2, -0.15) is 0 Å². The summed E-state index contributed by atoms with van der Waals surface area (Å²) in [5, 5.41) is 27.1. The van der Waals surface area contributed by atoms with Gasteiger partial charge < -0.3 is 31.9 Å². The Labute approximate surface area is 207 Å². The van der Waals surface area contributed by atoms with Crippen molar-refractivity contribution in [2.45, 2.75) is 84.2 Å². The predicted octanol–water partition coefficient (Wildman–Crippen LogP) is 0.568. The van der Waals surface area contributed by atoms with E-state index in [-0.39, 0.29) is 31.1 Å². The minimum Gasteiger partial charge on any atom is -0.480 e. The van der Waals surface area contributed by atoms with Gasteiger partial charge in [0.25, 0.3) is 0 Å². The smallest absolute Gasteiger partial charge is 0.326 e. The quantitative estimate of drug-likeness (QED) is 0.220. The molecule has 1 aromatic rings. The van der Waals surface area contributed by atoms with Crippen molar-refractivity contribution in [3.05, 3.63) is 35.9 Å². The van der Waals surface area contributed by atoms with Gasteiger partial charge in [0.05, 0.1) is 12.1 Å². The number of carboxylic acids is 1. The summed E-state index contributed by atoms with van der Waals surface area (Å²) in [6, 6.07) is 4.68. The molecule has 1 rings (SSSR count). The van der Waals surface area contributed by atoms with Crippen LogP contribution in [-0.4, -0.2) is 64.2 Å². The lowest BCUT2D eigenvalue weighted by Crippen LogP contribution is -2.60. The summed E-state index contributed by atoms with van der Waals surface area (Å²) in [5.41, 5.74) is 6.83. The molecule has 0 saturated heterocycles. The van der Waals surface area contributed by atoms with Gasteiger partial charge in [-0.05, 0) is 43.6 Å². The maximum atomic E-state index is 13.0. The van der Waals surface area contributed by atoms with Crippen LogP contribution in [0.3, 0.4) is 0 Å². The molecule has 35 heavy (non-hydrogen) atoms. The van der Waals surface area contributed by atoms with Crippen molar-refractivity contribution in [3.8, 4) is 0 Å². The maximum absolute atomic E-state index is 13.0. The van der Waals surface area contributed by atoms with Crippen molar-refractivity contribution in [1.29, 1.82) is 0 Å². The lowest BCUT2D eigenvalue weighted by molar-refractivity contribution is -0.143. The Morgan fingerprint density at radius 1 is 0.800 bits per heavy atom. The lowest BCUT2D eigenvalue weighted by atomic mass is 10.00. The Morgan fingerprint density at radius 2 is 1.31 bits per heavy atom. The minimum absolute atomic E-state index is 0.00156. The second kappa shape index (κ2) is 14.4. The van der Waals surface area contributed by atoms with Gasteiger partial charge in [0, 0.05) is 0 Å². The second-order valence-electron chi connectivity index (χ2n) is 9.74. The third kappa shape index (κ3) is 10.9. The molecule has 7 N–H and O–H groups in total. The first kappa shape index (κ1) is 30.1. The van der Waals surface area contributed by atoms with Crippen molar-refractivity contribution >= 4 is 23.7 Å². The number of aliphatic hydroxyl groups is 1. The monoisotopic (exact) mass is 492 g/mol. The Bertz CT molecular complexity index is 844. The number of rotatable bonds is 14. The summed E-state index contributed by atoms with van der Waals surface area (Å²) in [5.74, 6) is -3.16. The van der Waals surface area contributed by atoms with E-state index in [1.807, 2.05) is 58.0 Å². The first-order valence-electron chi connectivity index (χ1n) is 11.9. The van der Waals surface area contributed by atoms with Crippen molar-refractivity contribution in [3.63, 3.8) is 0 Å². The molecule has 5 unspecified atom stereocenters. The molecular formula is C25H40N4O6. The van der Waals surface area contributed by atoms with Gasteiger partial charge in [0.15, 0.2) is 0 Å². The number of hydrogen-bond acceptors (Lipinski definition) is 6. The Kier molecular flexibility index (Phi) is 12.4. The highest BCUT2D eigenvalue weighted by Gasteiger charge is 2.32. The van der Waals surface area contributed by atoms with Crippen molar-refractivity contribution in [1.82, 2.24) is 16.0 Å². The van der Waals surface area contributed by atoms with E-state index in [1.54, 1.807) is 0 Å². The van der Waals surface area contributed by atoms with Gasteiger partial charge >= 0.3 is 5.97 Å². The number of carboxylic acid groups (broad SMARTS) is 1. The van der Waals surface area contributed by atoms with Gasteiger partial charge in [0.1, 0.15) is 18.1 Å². The molecule has 0 aromatic heterocycles. The van der Waals surface area contributed by atoms with Crippen molar-refractivity contribution in [2.24, 2.45) is 17.6 Å². The zero-order valence-electron chi connectivity index (χ0n) is 21.2. The fraction of sp³-hybridized carbons (Fsp3) is 0.600. The molecule has 1 aromatic carbocycles. The van der Waals surface area contributed by atoms with Gasteiger partial charge in [-0.1, -0.05) is 58.0 Å². The molecule has 0 heterocycles. The van der Waals surface area contributed by atoms with Crippen LogP contribution in [0.2, 0.25) is 0 Å². The number of aliphatic carboxylic acids is 1. The van der Waals surface area contributed by atoms with Gasteiger partial charge in [-0.15, -0.1) is 0 Å². The Hall–Kier alpha value is -2.98. The van der Waals surface area contributed by atoms with E-state index in [2.05, 4.69) is 16.0 Å². The SMILES string of the molecule is CC(C)CC(NC(=O)C(CC(C)C)NC(=O)C(NC(=O)C(N)Cc1ccccc1)C(C)O)C(=O)O. The average molecular weight is 493 g/mol. The normalized spacial score (nSPS) is 15.6. The number of nitrogens with two attached hydrogens (primary N) is 1. The molecule has 0 aliphatic heterocycles. The number of benzene rings is 1. The van der Waals surface area contributed by atoms with Crippen LogP contribution in [-0.2, 0) is 25.6 Å². The zero-order chi connectivity index (χ0) is 26.7. The maximum Gasteiger partial charge on any atom is 0.326 e. The third-order valence-electron chi connectivity index (χ3n) is 5.36. The lowest BCUT2D eigenvalue weighted by Gasteiger charge is -2.27. The van der Waals surface area contributed by atoms with Gasteiger partial charge in [0.2, 0.25) is 17.7 Å². The van der Waals surface area contributed by atoms with E-state index >= 15 is 0 Å². The molecule has 0 fully saturated rings. The highest BCUT2D eigenvalue weighted by molar-refractivity contribution is 5.94. The third-order valence-corrected chi connectivity index (χ3v) is 5.36. The molecular weight excluding hydrogens is 452 g/mol. The van der Waals surface area contributed by atoms with Gasteiger partial charge in [-0.3, -0.25) is 14.4 Å². The summed E-state index contributed by atoms with van der Waals surface area (Å²) in [7, 11) is 0. The van der Waals surface area contributed by atoms with Gasteiger partial charge in [-0.25, -0.2) is 4.79 Å². The molecule has 10 nitrogen and oxygen atoms in total. The number of carbonyl (C=O) groups is 4. The first-order valence-corrected chi connectivity index (χ1v) is 11.9. The van der Waals surface area contributed by atoms with E-state index in [4.69, 9.17) is 5.73 Å². The summed E-state index contributed by atoms with van der Waals surface area (Å²) in [6.45, 7) is 8.73. The largest absolute Gasteiger partial charge is 0.480 e. The molecule has 10 heteroatoms. The summed E-state index contributed by atoms with van der Waals surface area (Å²) in [4.78, 5) is 50.0. The first-order chi connectivity index (χ1) is 16.3. The van der Waals surface area contributed by atoms with Crippen molar-refractivity contribution < 1.29 is 29.4 Å². The van der Waals surface area contributed by atoms with E-state index in [9.17, 15) is 29.4 Å². The molecule has 5 atom stereocenters. The van der Waals surface area contributed by atoms with E-state index in [1.165, 1.54) is 6.92 Å². The standard InChI is InChI=1S/C25H40N4O6/c1-14(2)11-19(23(32)28-20(25(34)35)12-15(3)4)27-24(33)21(16(5)30)29-22(31)18(26)13-17-9-7-6-8-10-17/h6-10,14-16,18-21,30H,11-13,26H2,1-5H3,(H,27,33)(H,28,32)(H,29,31)(H,34,35). The molecule has 0 saturated carbocycles. The molecule has 0 radical (unpaired) electrons. The topological polar surface area (TPSA) is 171 Å². The van der Waals surface area contributed by atoms with Crippen LogP contribution in [0.1, 0.15) is 53.0 Å².